The summed E-state index contributed by atoms with van der Waals surface area (Å²) in [6.07, 6.45) is 0. The third-order valence-electron chi connectivity index (χ3n) is 4.95. The van der Waals surface area contributed by atoms with Gasteiger partial charge in [0.05, 0.1) is 24.8 Å². The standard InChI is InChI=1S/C22H25NO6/c1-10-8-12-13(9-11(10)2)29-19-15(21(26)28-7)14(20(25)27-6)17(16(19)18(12)24)23-22(3,4)5/h8-9,14,23H,1-7H3. The fourth-order valence-corrected chi connectivity index (χ4v) is 3.52. The first kappa shape index (κ1) is 20.6. The number of aryl methyl sites for hydroxylation is 2. The van der Waals surface area contributed by atoms with E-state index in [1.807, 2.05) is 34.6 Å². The van der Waals surface area contributed by atoms with E-state index in [1.165, 1.54) is 14.2 Å². The average Bonchev–Trinajstić information content (AvgIpc) is 2.94. The predicted octanol–water partition coefficient (Wildman–Crippen LogP) is 1.03. The Morgan fingerprint density at radius 2 is 1.69 bits per heavy atom. The van der Waals surface area contributed by atoms with E-state index in [9.17, 15) is 14.4 Å². The highest BCUT2D eigenvalue weighted by Gasteiger charge is 2.41. The molecule has 1 aliphatic rings. The number of carbonyl (C=O) groups is 2. The van der Waals surface area contributed by atoms with E-state index in [-0.39, 0.29) is 27.3 Å². The van der Waals surface area contributed by atoms with Gasteiger partial charge in [0.1, 0.15) is 17.1 Å². The van der Waals surface area contributed by atoms with Crippen LogP contribution in [-0.4, -0.2) is 31.7 Å². The van der Waals surface area contributed by atoms with Crippen molar-refractivity contribution in [3.05, 3.63) is 44.1 Å². The second-order valence-corrected chi connectivity index (χ2v) is 8.22. The van der Waals surface area contributed by atoms with Crippen LogP contribution in [0, 0.1) is 19.8 Å². The lowest BCUT2D eigenvalue weighted by Crippen LogP contribution is -2.45. The van der Waals surface area contributed by atoms with E-state index in [2.05, 4.69) is 5.32 Å². The van der Waals surface area contributed by atoms with Crippen molar-refractivity contribution in [2.75, 3.05) is 14.2 Å². The van der Waals surface area contributed by atoms with E-state index in [0.29, 0.717) is 11.0 Å². The number of hydrogen-bond acceptors (Lipinski definition) is 7. The van der Waals surface area contributed by atoms with Gasteiger partial charge in [-0.2, -0.15) is 0 Å². The molecule has 7 nitrogen and oxygen atoms in total. The molecule has 1 atom stereocenters. The van der Waals surface area contributed by atoms with Crippen molar-refractivity contribution >= 4 is 34.2 Å². The Bertz CT molecular complexity index is 1210. The highest BCUT2D eigenvalue weighted by molar-refractivity contribution is 6.19. The van der Waals surface area contributed by atoms with Gasteiger partial charge in [0.25, 0.3) is 0 Å². The van der Waals surface area contributed by atoms with Gasteiger partial charge in [-0.05, 0) is 57.9 Å². The highest BCUT2D eigenvalue weighted by atomic mass is 16.5. The Kier molecular flexibility index (Phi) is 5.03. The first-order valence-corrected chi connectivity index (χ1v) is 9.27. The first-order chi connectivity index (χ1) is 13.5. The Balaban J connectivity index is 2.59. The van der Waals surface area contributed by atoms with Crippen molar-refractivity contribution < 1.29 is 23.5 Å². The number of rotatable bonds is 3. The molecule has 0 spiro atoms. The fourth-order valence-electron chi connectivity index (χ4n) is 3.52. The summed E-state index contributed by atoms with van der Waals surface area (Å²) in [5.74, 6) is -2.57. The van der Waals surface area contributed by atoms with Gasteiger partial charge in [0.2, 0.25) is 5.43 Å². The van der Waals surface area contributed by atoms with Crippen LogP contribution in [-0.2, 0) is 19.1 Å². The zero-order valence-corrected chi connectivity index (χ0v) is 17.7. The van der Waals surface area contributed by atoms with Crippen LogP contribution in [0.4, 0.5) is 0 Å². The van der Waals surface area contributed by atoms with Crippen LogP contribution >= 0.6 is 0 Å². The highest BCUT2D eigenvalue weighted by Crippen LogP contribution is 2.27. The van der Waals surface area contributed by atoms with Gasteiger partial charge in [-0.3, -0.25) is 9.59 Å². The van der Waals surface area contributed by atoms with Crippen molar-refractivity contribution in [3.8, 4) is 0 Å². The Morgan fingerprint density at radius 3 is 2.24 bits per heavy atom. The van der Waals surface area contributed by atoms with Gasteiger partial charge < -0.3 is 19.2 Å². The molecule has 0 radical (unpaired) electrons. The first-order valence-electron chi connectivity index (χ1n) is 9.27. The zero-order chi connectivity index (χ0) is 21.7. The quantitative estimate of drug-likeness (QED) is 0.771. The molecule has 29 heavy (non-hydrogen) atoms. The van der Waals surface area contributed by atoms with Crippen molar-refractivity contribution in [1.82, 2.24) is 5.32 Å². The molecule has 1 aliphatic carbocycles. The number of carbonyl (C=O) groups excluding carboxylic acids is 2. The Hall–Kier alpha value is -3.09. The summed E-state index contributed by atoms with van der Waals surface area (Å²) in [4.78, 5) is 38.7. The SMILES string of the molecule is COC(=O)C1=c2oc3cc(C)c(C)cc3c(=O)c2=C(NC(C)(C)C)C1C(=O)OC. The topological polar surface area (TPSA) is 94.8 Å². The average molecular weight is 399 g/mol. The maximum atomic E-state index is 13.5. The van der Waals surface area contributed by atoms with E-state index < -0.39 is 23.4 Å². The zero-order valence-electron chi connectivity index (χ0n) is 17.7. The number of hydrogen-bond donors (Lipinski definition) is 1. The van der Waals surface area contributed by atoms with E-state index >= 15 is 0 Å². The van der Waals surface area contributed by atoms with Crippen LogP contribution < -0.4 is 21.4 Å². The third kappa shape index (κ3) is 3.41. The van der Waals surface area contributed by atoms with Crippen molar-refractivity contribution in [1.29, 1.82) is 0 Å². The predicted molar refractivity (Wildman–Crippen MR) is 108 cm³/mol. The van der Waals surface area contributed by atoms with Gasteiger partial charge in [-0.25, -0.2) is 4.79 Å². The summed E-state index contributed by atoms with van der Waals surface area (Å²) in [6.45, 7) is 9.48. The molecule has 1 aromatic heterocycles. The largest absolute Gasteiger partial charge is 0.468 e. The Labute approximate surface area is 168 Å². The van der Waals surface area contributed by atoms with Gasteiger partial charge in [0.15, 0.2) is 5.42 Å². The van der Waals surface area contributed by atoms with Crippen LogP contribution in [0.2, 0.25) is 0 Å². The van der Waals surface area contributed by atoms with Crippen LogP contribution in [0.15, 0.2) is 21.3 Å². The molecular formula is C22H25NO6. The lowest BCUT2D eigenvalue weighted by atomic mass is 9.97. The van der Waals surface area contributed by atoms with E-state index in [0.717, 1.165) is 11.1 Å². The number of methoxy groups -OCH3 is 2. The molecule has 3 rings (SSSR count). The van der Waals surface area contributed by atoms with Crippen molar-refractivity contribution in [2.45, 2.75) is 40.2 Å². The van der Waals surface area contributed by atoms with Crippen molar-refractivity contribution in [3.63, 3.8) is 0 Å². The number of fused-ring (bicyclic) bond motifs is 2. The summed E-state index contributed by atoms with van der Waals surface area (Å²) < 4.78 is 15.9. The molecule has 2 aromatic rings. The molecule has 0 aliphatic heterocycles. The van der Waals surface area contributed by atoms with Crippen LogP contribution in [0.25, 0.3) is 22.2 Å². The molecule has 7 heteroatoms. The second-order valence-electron chi connectivity index (χ2n) is 8.22. The minimum Gasteiger partial charge on any atom is -0.468 e. The van der Waals surface area contributed by atoms with Gasteiger partial charge >= 0.3 is 11.9 Å². The fraction of sp³-hybridized carbons (Fsp3) is 0.409. The van der Waals surface area contributed by atoms with Crippen molar-refractivity contribution in [2.24, 2.45) is 5.92 Å². The maximum Gasteiger partial charge on any atom is 0.338 e. The molecule has 1 aromatic carbocycles. The summed E-state index contributed by atoms with van der Waals surface area (Å²) in [5, 5.41) is 3.75. The number of esters is 2. The summed E-state index contributed by atoms with van der Waals surface area (Å²) >= 11 is 0. The lowest BCUT2D eigenvalue weighted by Gasteiger charge is -2.26. The molecule has 1 heterocycles. The lowest BCUT2D eigenvalue weighted by molar-refractivity contribution is -0.144. The van der Waals surface area contributed by atoms with Crippen LogP contribution in [0.1, 0.15) is 31.9 Å². The summed E-state index contributed by atoms with van der Waals surface area (Å²) in [5.41, 5.74) is 1.71. The molecule has 0 bridgehead atoms. The smallest absolute Gasteiger partial charge is 0.338 e. The molecular weight excluding hydrogens is 374 g/mol. The monoisotopic (exact) mass is 399 g/mol. The molecule has 1 N–H and O–H groups in total. The maximum absolute atomic E-state index is 13.5. The Morgan fingerprint density at radius 1 is 1.07 bits per heavy atom. The molecule has 0 saturated carbocycles. The van der Waals surface area contributed by atoms with Crippen LogP contribution in [0.5, 0.6) is 0 Å². The minimum absolute atomic E-state index is 0.0414. The molecule has 0 saturated heterocycles. The summed E-state index contributed by atoms with van der Waals surface area (Å²) in [6, 6.07) is 3.51. The van der Waals surface area contributed by atoms with Gasteiger partial charge in [-0.15, -0.1) is 0 Å². The van der Waals surface area contributed by atoms with Crippen LogP contribution in [0.3, 0.4) is 0 Å². The molecule has 0 amide bonds. The molecule has 1 unspecified atom stereocenters. The number of benzene rings is 1. The summed E-state index contributed by atoms with van der Waals surface area (Å²) in [7, 11) is 2.44. The van der Waals surface area contributed by atoms with Gasteiger partial charge in [0, 0.05) is 11.2 Å². The normalized spacial score (nSPS) is 16.0. The molecule has 154 valence electrons. The van der Waals surface area contributed by atoms with E-state index in [1.54, 1.807) is 12.1 Å². The minimum atomic E-state index is -1.14. The number of ether oxygens (including phenoxy) is 2. The second kappa shape index (κ2) is 7.06. The number of nitrogens with one attached hydrogen (secondary N) is 1. The van der Waals surface area contributed by atoms with E-state index in [4.69, 9.17) is 13.9 Å². The third-order valence-corrected chi connectivity index (χ3v) is 4.95. The molecule has 0 fully saturated rings. The van der Waals surface area contributed by atoms with Gasteiger partial charge in [-0.1, -0.05) is 0 Å².